The van der Waals surface area contributed by atoms with Crippen LogP contribution in [0.5, 0.6) is 11.5 Å². The zero-order valence-electron chi connectivity index (χ0n) is 17.8. The van der Waals surface area contributed by atoms with Gasteiger partial charge in [-0.1, -0.05) is 18.2 Å². The lowest BCUT2D eigenvalue weighted by Crippen LogP contribution is -2.35. The third kappa shape index (κ3) is 5.88. The van der Waals surface area contributed by atoms with Crippen LogP contribution in [0.2, 0.25) is 0 Å². The van der Waals surface area contributed by atoms with Gasteiger partial charge in [0.05, 0.1) is 18.1 Å². The first-order chi connectivity index (χ1) is 15.3. The van der Waals surface area contributed by atoms with Crippen molar-refractivity contribution in [3.8, 4) is 11.5 Å². The molecule has 0 atom stereocenters. The van der Waals surface area contributed by atoms with Crippen molar-refractivity contribution in [3.63, 3.8) is 0 Å². The molecule has 0 radical (unpaired) electrons. The summed E-state index contributed by atoms with van der Waals surface area (Å²) in [5.41, 5.74) is 1.38. The Kier molecular flexibility index (Phi) is 7.53. The second kappa shape index (κ2) is 10.3. The number of thioether (sulfide) groups is 1. The highest BCUT2D eigenvalue weighted by Crippen LogP contribution is 2.34. The molecule has 32 heavy (non-hydrogen) atoms. The fourth-order valence-electron chi connectivity index (χ4n) is 2.85. The van der Waals surface area contributed by atoms with Gasteiger partial charge in [-0.2, -0.15) is 0 Å². The van der Waals surface area contributed by atoms with Crippen molar-refractivity contribution < 1.29 is 33.0 Å². The molecule has 2 aromatic rings. The first-order valence-corrected chi connectivity index (χ1v) is 10.6. The van der Waals surface area contributed by atoms with Crippen LogP contribution in [0, 0.1) is 5.82 Å². The van der Waals surface area contributed by atoms with Crippen LogP contribution in [0.4, 0.5) is 9.18 Å². The number of amides is 2. The molecular formula is C23H22FNO6S. The Morgan fingerprint density at radius 2 is 1.84 bits per heavy atom. The van der Waals surface area contributed by atoms with Gasteiger partial charge in [0, 0.05) is 0 Å². The standard InChI is InChI=1S/C23H22FNO6S/c1-14(2)31-21(26)12-25-22(27)20(32-23(25)28)11-16-6-9-18(29-3)19(10-16)30-13-15-4-7-17(24)8-5-15/h4-11,14H,12-13H2,1-3H3/b20-11-. The van der Waals surface area contributed by atoms with Crippen molar-refractivity contribution >= 4 is 35.0 Å². The smallest absolute Gasteiger partial charge is 0.326 e. The lowest BCUT2D eigenvalue weighted by atomic mass is 10.1. The molecule has 0 spiro atoms. The second-order valence-corrected chi connectivity index (χ2v) is 8.13. The molecule has 0 aliphatic carbocycles. The minimum Gasteiger partial charge on any atom is -0.493 e. The van der Waals surface area contributed by atoms with Crippen molar-refractivity contribution in [2.75, 3.05) is 13.7 Å². The molecule has 2 aromatic carbocycles. The Morgan fingerprint density at radius 3 is 2.50 bits per heavy atom. The fourth-order valence-corrected chi connectivity index (χ4v) is 3.69. The average molecular weight is 459 g/mol. The number of ether oxygens (including phenoxy) is 3. The van der Waals surface area contributed by atoms with E-state index in [1.54, 1.807) is 50.3 Å². The molecule has 3 rings (SSSR count). The van der Waals surface area contributed by atoms with Crippen molar-refractivity contribution in [2.45, 2.75) is 26.6 Å². The van der Waals surface area contributed by atoms with Crippen LogP contribution in [-0.2, 0) is 20.9 Å². The number of carbonyl (C=O) groups excluding carboxylic acids is 3. The molecule has 1 aliphatic heterocycles. The minimum atomic E-state index is -0.649. The Morgan fingerprint density at radius 1 is 1.12 bits per heavy atom. The van der Waals surface area contributed by atoms with E-state index in [9.17, 15) is 18.8 Å². The minimum absolute atomic E-state index is 0.182. The SMILES string of the molecule is COc1ccc(/C=C2\SC(=O)N(CC(=O)OC(C)C)C2=O)cc1OCc1ccc(F)cc1. The number of imide groups is 1. The molecule has 9 heteroatoms. The number of esters is 1. The van der Waals surface area contributed by atoms with Crippen LogP contribution in [0.3, 0.4) is 0 Å². The highest BCUT2D eigenvalue weighted by molar-refractivity contribution is 8.18. The number of carbonyl (C=O) groups is 3. The summed E-state index contributed by atoms with van der Waals surface area (Å²) in [7, 11) is 1.50. The highest BCUT2D eigenvalue weighted by atomic mass is 32.2. The Bertz CT molecular complexity index is 1050. The maximum absolute atomic E-state index is 13.1. The molecule has 1 fully saturated rings. The van der Waals surface area contributed by atoms with E-state index < -0.39 is 23.7 Å². The molecule has 7 nitrogen and oxygen atoms in total. The summed E-state index contributed by atoms with van der Waals surface area (Å²) in [6.07, 6.45) is 1.20. The van der Waals surface area contributed by atoms with Crippen LogP contribution in [0.15, 0.2) is 47.4 Å². The molecule has 168 valence electrons. The van der Waals surface area contributed by atoms with Crippen LogP contribution in [0.1, 0.15) is 25.0 Å². The Balaban J connectivity index is 1.75. The normalized spacial score (nSPS) is 14.9. The van der Waals surface area contributed by atoms with E-state index in [-0.39, 0.29) is 23.4 Å². The summed E-state index contributed by atoms with van der Waals surface area (Å²) in [6, 6.07) is 11.0. The summed E-state index contributed by atoms with van der Waals surface area (Å²) in [4.78, 5) is 37.7. The number of methoxy groups -OCH3 is 1. The number of halogens is 1. The summed E-state index contributed by atoms with van der Waals surface area (Å²) in [6.45, 7) is 3.12. The third-order valence-electron chi connectivity index (χ3n) is 4.32. The summed E-state index contributed by atoms with van der Waals surface area (Å²) >= 11 is 0.748. The van der Waals surface area contributed by atoms with Crippen molar-refractivity contribution in [1.29, 1.82) is 0 Å². The van der Waals surface area contributed by atoms with Crippen LogP contribution >= 0.6 is 11.8 Å². The van der Waals surface area contributed by atoms with Crippen LogP contribution in [0.25, 0.3) is 6.08 Å². The van der Waals surface area contributed by atoms with E-state index in [4.69, 9.17) is 14.2 Å². The van der Waals surface area contributed by atoms with E-state index >= 15 is 0 Å². The predicted octanol–water partition coefficient (Wildman–Crippen LogP) is 4.40. The monoisotopic (exact) mass is 459 g/mol. The second-order valence-electron chi connectivity index (χ2n) is 7.13. The number of hydrogen-bond acceptors (Lipinski definition) is 7. The molecule has 0 saturated carbocycles. The third-order valence-corrected chi connectivity index (χ3v) is 5.23. The number of rotatable bonds is 8. The van der Waals surface area contributed by atoms with E-state index in [1.165, 1.54) is 19.2 Å². The Hall–Kier alpha value is -3.33. The molecule has 2 amide bonds. The largest absolute Gasteiger partial charge is 0.493 e. The predicted molar refractivity (Wildman–Crippen MR) is 118 cm³/mol. The fraction of sp³-hybridized carbons (Fsp3) is 0.261. The van der Waals surface area contributed by atoms with Gasteiger partial charge < -0.3 is 14.2 Å². The van der Waals surface area contributed by atoms with Crippen molar-refractivity contribution in [2.24, 2.45) is 0 Å². The van der Waals surface area contributed by atoms with Gasteiger partial charge in [-0.3, -0.25) is 19.3 Å². The van der Waals surface area contributed by atoms with Crippen molar-refractivity contribution in [3.05, 3.63) is 64.3 Å². The highest BCUT2D eigenvalue weighted by Gasteiger charge is 2.36. The molecule has 0 bridgehead atoms. The number of benzene rings is 2. The molecule has 0 aromatic heterocycles. The molecule has 1 saturated heterocycles. The quantitative estimate of drug-likeness (QED) is 0.427. The lowest BCUT2D eigenvalue weighted by Gasteiger charge is -2.13. The number of hydrogen-bond donors (Lipinski definition) is 0. The van der Waals surface area contributed by atoms with E-state index in [0.29, 0.717) is 17.1 Å². The summed E-state index contributed by atoms with van der Waals surface area (Å²) in [5.74, 6) is -0.645. The molecule has 0 N–H and O–H groups in total. The van der Waals surface area contributed by atoms with Crippen LogP contribution in [-0.4, -0.2) is 41.8 Å². The van der Waals surface area contributed by atoms with Gasteiger partial charge in [-0.15, -0.1) is 0 Å². The zero-order valence-corrected chi connectivity index (χ0v) is 18.6. The molecular weight excluding hydrogens is 437 g/mol. The Labute approximate surface area is 189 Å². The van der Waals surface area contributed by atoms with E-state index in [2.05, 4.69) is 0 Å². The van der Waals surface area contributed by atoms with Crippen molar-refractivity contribution in [1.82, 2.24) is 4.90 Å². The number of nitrogens with zero attached hydrogens (tertiary/aromatic N) is 1. The maximum Gasteiger partial charge on any atom is 0.326 e. The average Bonchev–Trinajstić information content (AvgIpc) is 3.00. The lowest BCUT2D eigenvalue weighted by molar-refractivity contribution is -0.149. The van der Waals surface area contributed by atoms with Gasteiger partial charge in [0.1, 0.15) is 19.0 Å². The summed E-state index contributed by atoms with van der Waals surface area (Å²) < 4.78 is 29.2. The summed E-state index contributed by atoms with van der Waals surface area (Å²) in [5, 5.41) is -0.539. The van der Waals surface area contributed by atoms with Gasteiger partial charge in [-0.25, -0.2) is 4.39 Å². The first kappa shape index (κ1) is 23.3. The van der Waals surface area contributed by atoms with Gasteiger partial charge >= 0.3 is 5.97 Å². The van der Waals surface area contributed by atoms with Gasteiger partial charge in [0.25, 0.3) is 11.1 Å². The van der Waals surface area contributed by atoms with Gasteiger partial charge in [0.15, 0.2) is 11.5 Å². The van der Waals surface area contributed by atoms with Gasteiger partial charge in [-0.05, 0) is 67.1 Å². The van der Waals surface area contributed by atoms with Crippen LogP contribution < -0.4 is 9.47 Å². The zero-order chi connectivity index (χ0) is 23.3. The van der Waals surface area contributed by atoms with E-state index in [1.807, 2.05) is 0 Å². The topological polar surface area (TPSA) is 82.1 Å². The maximum atomic E-state index is 13.1. The first-order valence-electron chi connectivity index (χ1n) is 9.77. The van der Waals surface area contributed by atoms with Gasteiger partial charge in [0.2, 0.25) is 0 Å². The van der Waals surface area contributed by atoms with E-state index in [0.717, 1.165) is 22.2 Å². The molecule has 1 heterocycles. The molecule has 1 aliphatic rings. The molecule has 0 unspecified atom stereocenters.